The number of piperidine rings is 1. The molecule has 0 aromatic rings. The van der Waals surface area contributed by atoms with E-state index in [0.29, 0.717) is 12.6 Å². The third kappa shape index (κ3) is 2.27. The van der Waals surface area contributed by atoms with E-state index in [1.807, 2.05) is 0 Å². The fraction of sp³-hybridized carbons (Fsp3) is 1.00. The van der Waals surface area contributed by atoms with Crippen molar-refractivity contribution in [3.63, 3.8) is 0 Å². The van der Waals surface area contributed by atoms with Gasteiger partial charge in [-0.3, -0.25) is 0 Å². The third-order valence-corrected chi connectivity index (χ3v) is 3.65. The van der Waals surface area contributed by atoms with E-state index in [2.05, 4.69) is 17.1 Å². The summed E-state index contributed by atoms with van der Waals surface area (Å²) in [5.41, 5.74) is 0.0484. The van der Waals surface area contributed by atoms with E-state index in [1.165, 1.54) is 12.8 Å². The second-order valence-electron chi connectivity index (χ2n) is 4.79. The molecule has 1 aliphatic heterocycles. The van der Waals surface area contributed by atoms with Gasteiger partial charge in [0.1, 0.15) is 0 Å². The van der Waals surface area contributed by atoms with Crippen LogP contribution in [0, 0.1) is 0 Å². The molecule has 0 aromatic carbocycles. The molecule has 0 atom stereocenters. The molecule has 1 aliphatic carbocycles. The van der Waals surface area contributed by atoms with Gasteiger partial charge in [-0.05, 0) is 45.3 Å². The molecule has 3 heteroatoms. The first-order chi connectivity index (χ1) is 6.78. The molecule has 1 saturated carbocycles. The van der Waals surface area contributed by atoms with Crippen LogP contribution in [-0.2, 0) is 0 Å². The Labute approximate surface area is 86.5 Å². The van der Waals surface area contributed by atoms with Crippen LogP contribution in [0.25, 0.3) is 0 Å². The van der Waals surface area contributed by atoms with E-state index in [0.717, 1.165) is 32.5 Å². The maximum atomic E-state index is 9.50. The summed E-state index contributed by atoms with van der Waals surface area (Å²) in [6.45, 7) is 5.93. The molecule has 0 radical (unpaired) electrons. The summed E-state index contributed by atoms with van der Waals surface area (Å²) in [4.78, 5) is 2.46. The Hall–Kier alpha value is -0.120. The van der Waals surface area contributed by atoms with Gasteiger partial charge in [-0.25, -0.2) is 0 Å². The van der Waals surface area contributed by atoms with Crippen LogP contribution in [0.2, 0.25) is 0 Å². The highest BCUT2D eigenvalue weighted by atomic mass is 16.3. The van der Waals surface area contributed by atoms with E-state index >= 15 is 0 Å². The third-order valence-electron chi connectivity index (χ3n) is 3.65. The highest BCUT2D eigenvalue weighted by Gasteiger charge is 2.37. The van der Waals surface area contributed by atoms with Crippen molar-refractivity contribution in [3.05, 3.63) is 0 Å². The first-order valence-electron chi connectivity index (χ1n) is 5.89. The lowest BCUT2D eigenvalue weighted by atomic mass is 9.88. The van der Waals surface area contributed by atoms with Crippen molar-refractivity contribution in [2.45, 2.75) is 44.2 Å². The minimum Gasteiger partial charge on any atom is -0.394 e. The molecule has 0 spiro atoms. The number of hydrogen-bond donors (Lipinski definition) is 2. The smallest absolute Gasteiger partial charge is 0.0614 e. The molecule has 82 valence electrons. The number of likely N-dealkylation sites (tertiary alicyclic amines) is 1. The van der Waals surface area contributed by atoms with Gasteiger partial charge in [0.15, 0.2) is 0 Å². The second kappa shape index (κ2) is 4.17. The zero-order valence-corrected chi connectivity index (χ0v) is 9.13. The van der Waals surface area contributed by atoms with E-state index in [-0.39, 0.29) is 5.54 Å². The van der Waals surface area contributed by atoms with Crippen LogP contribution in [0.3, 0.4) is 0 Å². The summed E-state index contributed by atoms with van der Waals surface area (Å²) in [6.07, 6.45) is 4.82. The summed E-state index contributed by atoms with van der Waals surface area (Å²) in [5.74, 6) is 0. The highest BCUT2D eigenvalue weighted by Crippen LogP contribution is 2.28. The van der Waals surface area contributed by atoms with Crippen LogP contribution in [0.4, 0.5) is 0 Å². The first-order valence-corrected chi connectivity index (χ1v) is 5.89. The summed E-state index contributed by atoms with van der Waals surface area (Å²) < 4.78 is 0. The molecule has 1 saturated heterocycles. The number of aliphatic hydroxyl groups is 1. The Morgan fingerprint density at radius 2 is 2.00 bits per heavy atom. The number of nitrogens with zero attached hydrogens (tertiary/aromatic N) is 1. The van der Waals surface area contributed by atoms with Gasteiger partial charge >= 0.3 is 0 Å². The SMILES string of the molecule is CCN1CCC(CO)(NC2CC2)CC1. The topological polar surface area (TPSA) is 35.5 Å². The monoisotopic (exact) mass is 198 g/mol. The normalized spacial score (nSPS) is 27.9. The molecule has 3 nitrogen and oxygen atoms in total. The molecule has 2 fully saturated rings. The second-order valence-corrected chi connectivity index (χ2v) is 4.79. The minimum absolute atomic E-state index is 0.0484. The van der Waals surface area contributed by atoms with Crippen molar-refractivity contribution in [1.29, 1.82) is 0 Å². The van der Waals surface area contributed by atoms with Gasteiger partial charge in [0.05, 0.1) is 6.61 Å². The number of hydrogen-bond acceptors (Lipinski definition) is 3. The molecule has 0 aromatic heterocycles. The van der Waals surface area contributed by atoms with Crippen LogP contribution in [-0.4, -0.2) is 47.8 Å². The number of aliphatic hydroxyl groups excluding tert-OH is 1. The summed E-state index contributed by atoms with van der Waals surface area (Å²) in [6, 6.07) is 0.704. The van der Waals surface area contributed by atoms with Crippen molar-refractivity contribution in [2.24, 2.45) is 0 Å². The van der Waals surface area contributed by atoms with Crippen molar-refractivity contribution in [2.75, 3.05) is 26.2 Å². The van der Waals surface area contributed by atoms with Gasteiger partial charge < -0.3 is 15.3 Å². The summed E-state index contributed by atoms with van der Waals surface area (Å²) >= 11 is 0. The molecular formula is C11H22N2O. The maximum Gasteiger partial charge on any atom is 0.0614 e. The molecular weight excluding hydrogens is 176 g/mol. The number of rotatable bonds is 4. The van der Waals surface area contributed by atoms with Crippen LogP contribution >= 0.6 is 0 Å². The van der Waals surface area contributed by atoms with Gasteiger partial charge in [-0.2, -0.15) is 0 Å². The predicted octanol–water partition coefficient (Wildman–Crippen LogP) is 0.585. The van der Waals surface area contributed by atoms with Crippen LogP contribution < -0.4 is 5.32 Å². The van der Waals surface area contributed by atoms with E-state index in [4.69, 9.17) is 0 Å². The molecule has 14 heavy (non-hydrogen) atoms. The highest BCUT2D eigenvalue weighted by molar-refractivity contribution is 4.98. The van der Waals surface area contributed by atoms with E-state index < -0.39 is 0 Å². The van der Waals surface area contributed by atoms with E-state index in [9.17, 15) is 5.11 Å². The molecule has 1 heterocycles. The van der Waals surface area contributed by atoms with Gasteiger partial charge in [0, 0.05) is 11.6 Å². The fourth-order valence-electron chi connectivity index (χ4n) is 2.31. The average molecular weight is 198 g/mol. The van der Waals surface area contributed by atoms with Crippen LogP contribution in [0.1, 0.15) is 32.6 Å². The Bertz CT molecular complexity index is 184. The van der Waals surface area contributed by atoms with Crippen molar-refractivity contribution < 1.29 is 5.11 Å². The fourth-order valence-corrected chi connectivity index (χ4v) is 2.31. The molecule has 0 unspecified atom stereocenters. The lowest BCUT2D eigenvalue weighted by molar-refractivity contribution is 0.0796. The zero-order chi connectivity index (χ0) is 10.0. The lowest BCUT2D eigenvalue weighted by Crippen LogP contribution is -2.56. The summed E-state index contributed by atoms with van der Waals surface area (Å²) in [5, 5.41) is 13.1. The van der Waals surface area contributed by atoms with E-state index in [1.54, 1.807) is 0 Å². The van der Waals surface area contributed by atoms with Gasteiger partial charge in [-0.15, -0.1) is 0 Å². The Kier molecular flexibility index (Phi) is 3.10. The molecule has 2 aliphatic rings. The Morgan fingerprint density at radius 1 is 1.36 bits per heavy atom. The van der Waals surface area contributed by atoms with Crippen molar-refractivity contribution in [3.8, 4) is 0 Å². The maximum absolute atomic E-state index is 9.50. The van der Waals surface area contributed by atoms with Gasteiger partial charge in [0.2, 0.25) is 0 Å². The Balaban J connectivity index is 1.86. The van der Waals surface area contributed by atoms with Crippen LogP contribution in [0.5, 0.6) is 0 Å². The van der Waals surface area contributed by atoms with Gasteiger partial charge in [-0.1, -0.05) is 6.92 Å². The van der Waals surface area contributed by atoms with Gasteiger partial charge in [0.25, 0.3) is 0 Å². The summed E-state index contributed by atoms with van der Waals surface area (Å²) in [7, 11) is 0. The molecule has 2 rings (SSSR count). The van der Waals surface area contributed by atoms with Crippen LogP contribution in [0.15, 0.2) is 0 Å². The standard InChI is InChI=1S/C11H22N2O/c1-2-13-7-5-11(9-14,6-8-13)12-10-3-4-10/h10,12,14H,2-9H2,1H3. The largest absolute Gasteiger partial charge is 0.394 e. The first kappa shape index (κ1) is 10.4. The average Bonchev–Trinajstić information content (AvgIpc) is 3.03. The molecule has 2 N–H and O–H groups in total. The minimum atomic E-state index is 0.0484. The molecule has 0 bridgehead atoms. The Morgan fingerprint density at radius 3 is 2.43 bits per heavy atom. The lowest BCUT2D eigenvalue weighted by Gasteiger charge is -2.41. The molecule has 0 amide bonds. The zero-order valence-electron chi connectivity index (χ0n) is 9.13. The predicted molar refractivity (Wildman–Crippen MR) is 57.3 cm³/mol. The number of nitrogens with one attached hydrogen (secondary N) is 1. The quantitative estimate of drug-likeness (QED) is 0.694. The van der Waals surface area contributed by atoms with Crippen molar-refractivity contribution in [1.82, 2.24) is 10.2 Å². The van der Waals surface area contributed by atoms with Crippen molar-refractivity contribution >= 4 is 0 Å².